The van der Waals surface area contributed by atoms with E-state index in [9.17, 15) is 24.3 Å². The Bertz CT molecular complexity index is 2080. The number of carboxylic acids is 1. The van der Waals surface area contributed by atoms with Crippen molar-refractivity contribution in [2.24, 2.45) is 0 Å². The number of methoxy groups -OCH3 is 1. The number of hydrogen-bond acceptors (Lipinski definition) is 7. The number of ether oxygens (including phenoxy) is 3. The number of amides is 1. The Morgan fingerprint density at radius 3 is 2.14 bits per heavy atom. The van der Waals surface area contributed by atoms with Gasteiger partial charge in [0.05, 0.1) is 24.5 Å². The van der Waals surface area contributed by atoms with Crippen molar-refractivity contribution in [3.63, 3.8) is 0 Å². The number of rotatable bonds is 10. The summed E-state index contributed by atoms with van der Waals surface area (Å²) in [6.45, 7) is 1.78. The number of carbonyl (C=O) groups excluding carboxylic acids is 3. The van der Waals surface area contributed by atoms with Gasteiger partial charge >= 0.3 is 17.9 Å². The Morgan fingerprint density at radius 2 is 1.44 bits per heavy atom. The van der Waals surface area contributed by atoms with Gasteiger partial charge in [0, 0.05) is 22.3 Å². The molecule has 5 aromatic carbocycles. The lowest BCUT2D eigenvalue weighted by Gasteiger charge is -2.37. The largest absolute Gasteiger partial charge is 0.497 e. The van der Waals surface area contributed by atoms with Gasteiger partial charge in [0.15, 0.2) is 0 Å². The van der Waals surface area contributed by atoms with Crippen molar-refractivity contribution in [2.75, 3.05) is 12.0 Å². The zero-order chi connectivity index (χ0) is 35.4. The third kappa shape index (κ3) is 6.43. The summed E-state index contributed by atoms with van der Waals surface area (Å²) >= 11 is 6.10. The molecule has 1 amide bonds. The van der Waals surface area contributed by atoms with Crippen molar-refractivity contribution in [1.82, 2.24) is 0 Å². The molecule has 0 spiro atoms. The van der Waals surface area contributed by atoms with E-state index in [4.69, 9.17) is 25.8 Å². The molecule has 6 rings (SSSR count). The number of benzene rings is 5. The van der Waals surface area contributed by atoms with Crippen LogP contribution in [0.3, 0.4) is 0 Å². The number of para-hydroxylation sites is 1. The first-order valence-corrected chi connectivity index (χ1v) is 16.1. The van der Waals surface area contributed by atoms with Crippen LogP contribution in [0.15, 0.2) is 121 Å². The summed E-state index contributed by atoms with van der Waals surface area (Å²) < 4.78 is 16.9. The van der Waals surface area contributed by atoms with Crippen LogP contribution in [0.2, 0.25) is 5.02 Å². The molecule has 5 aromatic rings. The van der Waals surface area contributed by atoms with Crippen LogP contribution in [0.1, 0.15) is 61.1 Å². The van der Waals surface area contributed by atoms with Crippen LogP contribution >= 0.6 is 11.6 Å². The number of fused-ring (bicyclic) bond motifs is 1. The summed E-state index contributed by atoms with van der Waals surface area (Å²) in [7, 11) is 1.49. The van der Waals surface area contributed by atoms with E-state index in [1.54, 1.807) is 84.6 Å². The molecule has 0 saturated carbocycles. The highest BCUT2D eigenvalue weighted by molar-refractivity contribution is 6.30. The van der Waals surface area contributed by atoms with E-state index in [0.29, 0.717) is 33.1 Å². The fourth-order valence-corrected chi connectivity index (χ4v) is 6.68. The van der Waals surface area contributed by atoms with Crippen LogP contribution < -0.4 is 14.4 Å². The standard InChI is InChI=1S/C40H32ClNO8/c1-25-40(23-36(43)44,33-22-29(48-2)20-21-34(33)42(25)37(45)27-16-18-28(41)19-17-27)32-14-8-6-12-30(32)39(47)50-35-15-9-7-13-31(35)38(46)49-24-26-10-4-3-5-11-26/h3-22,25H,23-24H2,1-2H3,(H,43,44). The van der Waals surface area contributed by atoms with E-state index < -0.39 is 35.8 Å². The predicted octanol–water partition coefficient (Wildman–Crippen LogP) is 7.73. The molecular formula is C40H32ClNO8. The lowest BCUT2D eigenvalue weighted by Crippen LogP contribution is -2.48. The maximum atomic E-state index is 14.2. The normalized spacial score (nSPS) is 16.3. The minimum absolute atomic E-state index is 0.0223. The van der Waals surface area contributed by atoms with Gasteiger partial charge in [-0.15, -0.1) is 0 Å². The van der Waals surface area contributed by atoms with Gasteiger partial charge in [-0.05, 0) is 84.3 Å². The first-order valence-electron chi connectivity index (χ1n) is 15.7. The molecule has 0 saturated heterocycles. The topological polar surface area (TPSA) is 119 Å². The van der Waals surface area contributed by atoms with Gasteiger partial charge in [-0.1, -0.05) is 72.3 Å². The second kappa shape index (κ2) is 14.3. The highest BCUT2D eigenvalue weighted by Crippen LogP contribution is 2.54. The second-order valence-corrected chi connectivity index (χ2v) is 12.2. The maximum Gasteiger partial charge on any atom is 0.343 e. The molecule has 252 valence electrons. The van der Waals surface area contributed by atoms with Crippen molar-refractivity contribution >= 4 is 41.1 Å². The molecular weight excluding hydrogens is 658 g/mol. The third-order valence-electron chi connectivity index (χ3n) is 8.93. The first kappa shape index (κ1) is 34.0. The number of nitrogens with zero attached hydrogens (tertiary/aromatic N) is 1. The van der Waals surface area contributed by atoms with Gasteiger partial charge in [-0.3, -0.25) is 9.59 Å². The van der Waals surface area contributed by atoms with Crippen LogP contribution in [0, 0.1) is 0 Å². The van der Waals surface area contributed by atoms with Gasteiger partial charge < -0.3 is 24.2 Å². The number of anilines is 1. The van der Waals surface area contributed by atoms with Crippen molar-refractivity contribution in [2.45, 2.75) is 31.4 Å². The minimum atomic E-state index is -1.44. The number of carboxylic acid groups (broad SMARTS) is 1. The molecule has 0 aromatic heterocycles. The minimum Gasteiger partial charge on any atom is -0.497 e. The average Bonchev–Trinajstić information content (AvgIpc) is 3.37. The molecule has 1 aliphatic rings. The van der Waals surface area contributed by atoms with Gasteiger partial charge in [0.25, 0.3) is 5.91 Å². The van der Waals surface area contributed by atoms with Gasteiger partial charge in [0.1, 0.15) is 23.7 Å². The van der Waals surface area contributed by atoms with Gasteiger partial charge in [-0.2, -0.15) is 0 Å². The van der Waals surface area contributed by atoms with Gasteiger partial charge in [0.2, 0.25) is 0 Å². The fraction of sp³-hybridized carbons (Fsp3) is 0.150. The van der Waals surface area contributed by atoms with Crippen molar-refractivity contribution in [3.05, 3.63) is 160 Å². The lowest BCUT2D eigenvalue weighted by atomic mass is 9.67. The van der Waals surface area contributed by atoms with Crippen LogP contribution in [0.5, 0.6) is 11.5 Å². The maximum absolute atomic E-state index is 14.2. The van der Waals surface area contributed by atoms with Crippen LogP contribution in [-0.2, 0) is 21.6 Å². The third-order valence-corrected chi connectivity index (χ3v) is 9.19. The molecule has 2 unspecified atom stereocenters. The van der Waals surface area contributed by atoms with E-state index in [1.165, 1.54) is 25.3 Å². The molecule has 1 aliphatic heterocycles. The Morgan fingerprint density at radius 1 is 0.780 bits per heavy atom. The summed E-state index contributed by atoms with van der Waals surface area (Å²) in [4.78, 5) is 55.8. The molecule has 10 heteroatoms. The first-order chi connectivity index (χ1) is 24.1. The van der Waals surface area contributed by atoms with Crippen molar-refractivity contribution < 1.29 is 38.5 Å². The van der Waals surface area contributed by atoms with Crippen molar-refractivity contribution in [3.8, 4) is 11.5 Å². The van der Waals surface area contributed by atoms with E-state index >= 15 is 0 Å². The number of carbonyl (C=O) groups is 4. The number of hydrogen-bond donors (Lipinski definition) is 1. The average molecular weight is 690 g/mol. The SMILES string of the molecule is COc1ccc2c(c1)C(CC(=O)O)(c1ccccc1C(=O)Oc1ccccc1C(=O)OCc1ccccc1)C(C)N2C(=O)c1ccc(Cl)cc1. The fourth-order valence-electron chi connectivity index (χ4n) is 6.56. The number of esters is 2. The second-order valence-electron chi connectivity index (χ2n) is 11.8. The zero-order valence-corrected chi connectivity index (χ0v) is 27.9. The van der Waals surface area contributed by atoms with E-state index in [2.05, 4.69) is 0 Å². The van der Waals surface area contributed by atoms with Crippen LogP contribution in [0.4, 0.5) is 5.69 Å². The summed E-state index contributed by atoms with van der Waals surface area (Å²) in [6.07, 6.45) is -0.481. The number of aliphatic carboxylic acids is 1. The summed E-state index contributed by atoms with van der Waals surface area (Å²) in [5.41, 5.74) is 1.07. The molecule has 1 N–H and O–H groups in total. The Balaban J connectivity index is 1.42. The summed E-state index contributed by atoms with van der Waals surface area (Å²) in [5.74, 6) is -2.63. The molecule has 9 nitrogen and oxygen atoms in total. The molecule has 50 heavy (non-hydrogen) atoms. The number of halogens is 1. The highest BCUT2D eigenvalue weighted by Gasteiger charge is 2.54. The molecule has 2 atom stereocenters. The molecule has 0 fully saturated rings. The smallest absolute Gasteiger partial charge is 0.343 e. The zero-order valence-electron chi connectivity index (χ0n) is 27.2. The van der Waals surface area contributed by atoms with Crippen LogP contribution in [-0.4, -0.2) is 42.1 Å². The summed E-state index contributed by atoms with van der Waals surface area (Å²) in [5, 5.41) is 10.9. The molecule has 0 bridgehead atoms. The van der Waals surface area contributed by atoms with Gasteiger partial charge in [-0.25, -0.2) is 9.59 Å². The lowest BCUT2D eigenvalue weighted by molar-refractivity contribution is -0.138. The van der Waals surface area contributed by atoms with E-state index in [0.717, 1.165) is 5.56 Å². The highest BCUT2D eigenvalue weighted by atomic mass is 35.5. The van der Waals surface area contributed by atoms with E-state index in [1.807, 2.05) is 30.3 Å². The quantitative estimate of drug-likeness (QED) is 0.117. The molecule has 1 heterocycles. The molecule has 0 aliphatic carbocycles. The monoisotopic (exact) mass is 689 g/mol. The van der Waals surface area contributed by atoms with Crippen molar-refractivity contribution in [1.29, 1.82) is 0 Å². The Hall–Kier alpha value is -5.93. The Kier molecular flexibility index (Phi) is 9.69. The van der Waals surface area contributed by atoms with Crippen LogP contribution in [0.25, 0.3) is 0 Å². The predicted molar refractivity (Wildman–Crippen MR) is 187 cm³/mol. The molecule has 0 radical (unpaired) electrons. The summed E-state index contributed by atoms with van der Waals surface area (Å²) in [6, 6.07) is 32.6. The Labute approximate surface area is 293 Å². The van der Waals surface area contributed by atoms with E-state index in [-0.39, 0.29) is 29.4 Å².